The highest BCUT2D eigenvalue weighted by atomic mass is 28.3. The molecule has 0 aromatic heterocycles. The third-order valence-electron chi connectivity index (χ3n) is 6.88. The van der Waals surface area contributed by atoms with E-state index in [1.165, 1.54) is 0 Å². The molecule has 1 aliphatic heterocycles. The first-order valence-corrected chi connectivity index (χ1v) is 23.0. The van der Waals surface area contributed by atoms with Gasteiger partial charge in [0, 0.05) is 16.1 Å². The van der Waals surface area contributed by atoms with Crippen LogP contribution in [0.5, 0.6) is 0 Å². The molecule has 2 aromatic rings. The van der Waals surface area contributed by atoms with E-state index in [9.17, 15) is 19.2 Å². The second-order valence-electron chi connectivity index (χ2n) is 14.8. The molecule has 0 spiro atoms. The first-order valence-electron chi connectivity index (χ1n) is 15.5. The summed E-state index contributed by atoms with van der Waals surface area (Å²) in [6.45, 7) is 17.5. The molecule has 0 saturated carbocycles. The van der Waals surface area contributed by atoms with Crippen LogP contribution in [0.2, 0.25) is 51.4 Å². The van der Waals surface area contributed by atoms with Gasteiger partial charge in [0.1, 0.15) is 5.60 Å². The molecule has 0 radical (unpaired) electrons. The molecule has 12 heteroatoms. The highest BCUT2D eigenvalue weighted by Crippen LogP contribution is 2.36. The normalized spacial score (nSPS) is 18.1. The topological polar surface area (TPSA) is 124 Å². The van der Waals surface area contributed by atoms with E-state index >= 15 is 0 Å². The van der Waals surface area contributed by atoms with E-state index in [2.05, 4.69) is 39.3 Å². The largest absolute Gasteiger partial charge is 0.462 e. The Morgan fingerprint density at radius 3 is 1.46 bits per heavy atom. The number of ether oxygens (including phenoxy) is 6. The van der Waals surface area contributed by atoms with Gasteiger partial charge in [-0.05, 0) is 44.0 Å². The molecule has 1 fully saturated rings. The quantitative estimate of drug-likeness (QED) is 0.110. The zero-order chi connectivity index (χ0) is 34.3. The average molecular weight is 673 g/mol. The van der Waals surface area contributed by atoms with Gasteiger partial charge in [0.2, 0.25) is 0 Å². The van der Waals surface area contributed by atoms with Crippen molar-refractivity contribution in [3.8, 4) is 0 Å². The summed E-state index contributed by atoms with van der Waals surface area (Å²) in [6.07, 6.45) is -4.60. The van der Waals surface area contributed by atoms with E-state index in [1.807, 2.05) is 12.1 Å². The van der Waals surface area contributed by atoms with E-state index in [0.29, 0.717) is 23.2 Å². The number of hydrogen-bond donors (Lipinski definition) is 0. The molecule has 1 saturated heterocycles. The third kappa shape index (κ3) is 10.6. The summed E-state index contributed by atoms with van der Waals surface area (Å²) in [5, 5.41) is 0. The summed E-state index contributed by atoms with van der Waals surface area (Å²) in [5.74, 6) is -7.33. The maximum Gasteiger partial charge on any atom is 0.379 e. The van der Waals surface area contributed by atoms with Crippen LogP contribution in [0.4, 0.5) is 0 Å². The second-order valence-corrected chi connectivity index (χ2v) is 26.0. The van der Waals surface area contributed by atoms with Crippen molar-refractivity contribution in [3.63, 3.8) is 0 Å². The lowest BCUT2D eigenvalue weighted by Gasteiger charge is -2.25. The summed E-state index contributed by atoms with van der Waals surface area (Å²) in [5.41, 5.74) is 0.307. The second kappa shape index (κ2) is 15.1. The Morgan fingerprint density at radius 1 is 0.696 bits per heavy atom. The monoisotopic (exact) mass is 672 g/mol. The van der Waals surface area contributed by atoms with Crippen molar-refractivity contribution >= 4 is 40.0 Å². The third-order valence-corrected chi connectivity index (χ3v) is 10.3. The first kappa shape index (κ1) is 37.1. The Hall–Kier alpha value is -3.33. The van der Waals surface area contributed by atoms with Crippen LogP contribution >= 0.6 is 0 Å². The summed E-state index contributed by atoms with van der Waals surface area (Å²) < 4.78 is 34.3. The molecule has 1 aliphatic rings. The van der Waals surface area contributed by atoms with Gasteiger partial charge in [-0.3, -0.25) is 0 Å². The van der Waals surface area contributed by atoms with Crippen LogP contribution in [0.15, 0.2) is 60.7 Å². The van der Waals surface area contributed by atoms with Gasteiger partial charge in [0.05, 0.1) is 13.2 Å². The number of carbonyl (C=O) groups excluding carboxylic acids is 4. The number of rotatable bonds is 13. The smallest absolute Gasteiger partial charge is 0.379 e. The van der Waals surface area contributed by atoms with Crippen LogP contribution < -0.4 is 0 Å². The highest BCUT2D eigenvalue weighted by molar-refractivity contribution is 6.76. The summed E-state index contributed by atoms with van der Waals surface area (Å²) in [6, 6.07) is 19.2. The number of esters is 4. The van der Waals surface area contributed by atoms with Crippen molar-refractivity contribution in [2.24, 2.45) is 0 Å². The van der Waals surface area contributed by atoms with Crippen molar-refractivity contribution < 1.29 is 47.6 Å². The molecule has 252 valence electrons. The Kier molecular flexibility index (Phi) is 12.2. The van der Waals surface area contributed by atoms with E-state index in [0.717, 1.165) is 0 Å². The van der Waals surface area contributed by atoms with Crippen LogP contribution in [0, 0.1) is 0 Å². The fourth-order valence-corrected chi connectivity index (χ4v) is 5.77. The predicted molar refractivity (Wildman–Crippen MR) is 177 cm³/mol. The molecule has 0 unspecified atom stereocenters. The Morgan fingerprint density at radius 2 is 1.09 bits per heavy atom. The lowest BCUT2D eigenvalue weighted by atomic mass is 10.0. The van der Waals surface area contributed by atoms with Crippen LogP contribution in [-0.2, 0) is 47.6 Å². The summed E-state index contributed by atoms with van der Waals surface area (Å²) in [4.78, 5) is 54.9. The van der Waals surface area contributed by atoms with E-state index in [-0.39, 0.29) is 13.2 Å². The Labute approximate surface area is 274 Å². The number of carbonyl (C=O) groups is 4. The molecule has 1 heterocycles. The van der Waals surface area contributed by atoms with Gasteiger partial charge in [-0.15, -0.1) is 0 Å². The van der Waals surface area contributed by atoms with Gasteiger partial charge in [0.15, 0.2) is 18.3 Å². The minimum absolute atomic E-state index is 0.0124. The fraction of sp³-hybridized carbons (Fsp3) is 0.529. The standard InChI is InChI=1S/C34H48O10Si2/c1-33(2,3)44-30(36)28-27(29(35)41-26(24-16-12-10-13-17-24)25-18-14-11-15-19-25)42-34(43-28,31(37)39-20-22-45(4,5)6)32(38)40-21-23-46(7,8)9/h10-19,26-28H,20-23H2,1-9H3/t27-,28-/m0/s1. The molecular weight excluding hydrogens is 625 g/mol. The summed E-state index contributed by atoms with van der Waals surface area (Å²) in [7, 11) is -3.30. The van der Waals surface area contributed by atoms with Crippen LogP contribution in [0.25, 0.3) is 0 Å². The maximum atomic E-state index is 14.0. The molecule has 46 heavy (non-hydrogen) atoms. The molecule has 2 aromatic carbocycles. The van der Waals surface area contributed by atoms with Crippen LogP contribution in [0.1, 0.15) is 38.0 Å². The SMILES string of the molecule is CC(C)(C)OC(=O)[C@H]1OC(C(=O)OCC[Si](C)(C)C)(C(=O)OCC[Si](C)(C)C)O[C@@H]1C(=O)OC(c1ccccc1)c1ccccc1. The minimum atomic E-state index is -2.85. The van der Waals surface area contributed by atoms with Crippen molar-refractivity contribution in [1.82, 2.24) is 0 Å². The van der Waals surface area contributed by atoms with E-state index < -0.39 is 69.7 Å². The molecule has 10 nitrogen and oxygen atoms in total. The van der Waals surface area contributed by atoms with E-state index in [4.69, 9.17) is 28.4 Å². The van der Waals surface area contributed by atoms with Gasteiger partial charge in [-0.2, -0.15) is 0 Å². The van der Waals surface area contributed by atoms with Gasteiger partial charge < -0.3 is 28.4 Å². The number of hydrogen-bond acceptors (Lipinski definition) is 10. The maximum absolute atomic E-state index is 14.0. The Balaban J connectivity index is 2.02. The van der Waals surface area contributed by atoms with Gasteiger partial charge in [-0.1, -0.05) is 99.9 Å². The van der Waals surface area contributed by atoms with Crippen molar-refractivity contribution in [2.75, 3.05) is 13.2 Å². The molecular formula is C34H48O10Si2. The molecule has 2 atom stereocenters. The number of benzene rings is 2. The zero-order valence-electron chi connectivity index (χ0n) is 28.4. The minimum Gasteiger partial charge on any atom is -0.462 e. The highest BCUT2D eigenvalue weighted by Gasteiger charge is 2.66. The predicted octanol–water partition coefficient (Wildman–Crippen LogP) is 5.90. The zero-order valence-corrected chi connectivity index (χ0v) is 30.4. The fourth-order valence-electron chi connectivity index (χ4n) is 4.35. The van der Waals surface area contributed by atoms with Crippen LogP contribution in [-0.4, -0.2) is 76.8 Å². The van der Waals surface area contributed by atoms with Crippen LogP contribution in [0.3, 0.4) is 0 Å². The lowest BCUT2D eigenvalue weighted by Crippen LogP contribution is -2.51. The van der Waals surface area contributed by atoms with Crippen molar-refractivity contribution in [1.29, 1.82) is 0 Å². The summed E-state index contributed by atoms with van der Waals surface area (Å²) >= 11 is 0. The molecule has 3 rings (SSSR count). The molecule has 0 bridgehead atoms. The molecule has 0 N–H and O–H groups in total. The van der Waals surface area contributed by atoms with Gasteiger partial charge in [0.25, 0.3) is 0 Å². The van der Waals surface area contributed by atoms with E-state index in [1.54, 1.807) is 69.3 Å². The van der Waals surface area contributed by atoms with Gasteiger partial charge in [-0.25, -0.2) is 19.2 Å². The molecule has 0 aliphatic carbocycles. The van der Waals surface area contributed by atoms with Crippen molar-refractivity contribution in [2.45, 2.75) is 102 Å². The first-order chi connectivity index (χ1) is 21.3. The van der Waals surface area contributed by atoms with Gasteiger partial charge >= 0.3 is 29.7 Å². The average Bonchev–Trinajstić information content (AvgIpc) is 3.37. The Bertz CT molecular complexity index is 1270. The van der Waals surface area contributed by atoms with Crippen molar-refractivity contribution in [3.05, 3.63) is 71.8 Å². The molecule has 0 amide bonds. The lowest BCUT2D eigenvalue weighted by molar-refractivity contribution is -0.228.